The predicted molar refractivity (Wildman–Crippen MR) is 115 cm³/mol. The highest BCUT2D eigenvalue weighted by Crippen LogP contribution is 2.32. The molecule has 1 fully saturated rings. The van der Waals surface area contributed by atoms with E-state index in [1.54, 1.807) is 24.3 Å². The van der Waals surface area contributed by atoms with Crippen molar-refractivity contribution in [1.29, 1.82) is 0 Å². The molecule has 0 saturated carbocycles. The van der Waals surface area contributed by atoms with Crippen molar-refractivity contribution in [3.05, 3.63) is 68.5 Å². The number of carbonyl (C=O) groups is 1. The summed E-state index contributed by atoms with van der Waals surface area (Å²) in [4.78, 5) is 30.1. The Hall–Kier alpha value is -2.97. The van der Waals surface area contributed by atoms with Crippen molar-refractivity contribution < 1.29 is 9.72 Å². The molecule has 0 bridgehead atoms. The topological polar surface area (TPSA) is 88.4 Å². The molecule has 3 aromatic rings. The Labute approximate surface area is 176 Å². The minimum Gasteiger partial charge on any atom is -0.366 e. The van der Waals surface area contributed by atoms with E-state index in [0.717, 1.165) is 37.2 Å². The molecule has 1 N–H and O–H groups in total. The van der Waals surface area contributed by atoms with E-state index >= 15 is 0 Å². The lowest BCUT2D eigenvalue weighted by Crippen LogP contribution is -2.19. The SMILES string of the molecule is O=C(Nc1nc(-c2ccc(Cl)cc2)cs1)c1ccc(N2CCCC2)c([N+](=O)[O-])c1. The number of carbonyl (C=O) groups excluding carboxylic acids is 1. The molecule has 148 valence electrons. The molecule has 1 amide bonds. The lowest BCUT2D eigenvalue weighted by atomic mass is 10.1. The fourth-order valence-corrected chi connectivity index (χ4v) is 4.13. The van der Waals surface area contributed by atoms with E-state index in [9.17, 15) is 14.9 Å². The summed E-state index contributed by atoms with van der Waals surface area (Å²) in [6.45, 7) is 1.58. The van der Waals surface area contributed by atoms with Gasteiger partial charge in [0.15, 0.2) is 5.13 Å². The standard InChI is InChI=1S/C20H17ClN4O3S/c21-15-6-3-13(4-7-15)16-12-29-20(22-16)23-19(26)14-5-8-17(18(11-14)25(27)28)24-9-1-2-10-24/h3-8,11-12H,1-2,9-10H2,(H,22,23,26). The van der Waals surface area contributed by atoms with E-state index in [0.29, 0.717) is 15.8 Å². The van der Waals surface area contributed by atoms with Gasteiger partial charge in [0.1, 0.15) is 5.69 Å². The highest BCUT2D eigenvalue weighted by molar-refractivity contribution is 7.14. The van der Waals surface area contributed by atoms with Crippen molar-refractivity contribution in [3.63, 3.8) is 0 Å². The Morgan fingerprint density at radius 1 is 1.17 bits per heavy atom. The Balaban J connectivity index is 1.53. The third kappa shape index (κ3) is 4.23. The van der Waals surface area contributed by atoms with E-state index in [-0.39, 0.29) is 11.3 Å². The van der Waals surface area contributed by atoms with Gasteiger partial charge in [-0.25, -0.2) is 4.98 Å². The maximum atomic E-state index is 12.6. The van der Waals surface area contributed by atoms with Gasteiger partial charge in [0, 0.05) is 40.7 Å². The summed E-state index contributed by atoms with van der Waals surface area (Å²) in [6, 6.07) is 11.8. The maximum absolute atomic E-state index is 12.6. The van der Waals surface area contributed by atoms with E-state index in [1.807, 2.05) is 22.4 Å². The van der Waals surface area contributed by atoms with Crippen molar-refractivity contribution in [1.82, 2.24) is 4.98 Å². The molecule has 1 aliphatic heterocycles. The molecule has 0 aliphatic carbocycles. The molecule has 7 nitrogen and oxygen atoms in total. The van der Waals surface area contributed by atoms with Crippen LogP contribution in [0.4, 0.5) is 16.5 Å². The van der Waals surface area contributed by atoms with Crippen LogP contribution in [0.5, 0.6) is 0 Å². The number of hydrogen-bond acceptors (Lipinski definition) is 6. The van der Waals surface area contributed by atoms with Gasteiger partial charge >= 0.3 is 0 Å². The largest absolute Gasteiger partial charge is 0.366 e. The number of nitrogens with zero attached hydrogens (tertiary/aromatic N) is 3. The number of hydrogen-bond donors (Lipinski definition) is 1. The Kier molecular flexibility index (Phi) is 5.46. The zero-order valence-corrected chi connectivity index (χ0v) is 16.9. The Morgan fingerprint density at radius 3 is 2.59 bits per heavy atom. The molecule has 1 saturated heterocycles. The van der Waals surface area contributed by atoms with Gasteiger partial charge in [-0.2, -0.15) is 0 Å². The van der Waals surface area contributed by atoms with E-state index < -0.39 is 10.8 Å². The van der Waals surface area contributed by atoms with E-state index in [4.69, 9.17) is 11.6 Å². The predicted octanol–water partition coefficient (Wildman–Crippen LogP) is 5.22. The second kappa shape index (κ2) is 8.18. The zero-order valence-electron chi connectivity index (χ0n) is 15.3. The first kappa shape index (κ1) is 19.4. The van der Waals surface area contributed by atoms with Crippen LogP contribution in [0.15, 0.2) is 47.8 Å². The molecular formula is C20H17ClN4O3S. The number of nitro groups is 1. The monoisotopic (exact) mass is 428 g/mol. The van der Waals surface area contributed by atoms with Crippen molar-refractivity contribution in [2.45, 2.75) is 12.8 Å². The minimum absolute atomic E-state index is 0.0551. The Bertz CT molecular complexity index is 1060. The van der Waals surface area contributed by atoms with Crippen molar-refractivity contribution in [3.8, 4) is 11.3 Å². The molecule has 9 heteroatoms. The summed E-state index contributed by atoms with van der Waals surface area (Å²) in [5, 5.41) is 17.1. The number of thiazole rings is 1. The summed E-state index contributed by atoms with van der Waals surface area (Å²) in [6.07, 6.45) is 2.03. The zero-order chi connectivity index (χ0) is 20.4. The maximum Gasteiger partial charge on any atom is 0.293 e. The average molecular weight is 429 g/mol. The lowest BCUT2D eigenvalue weighted by molar-refractivity contribution is -0.384. The van der Waals surface area contributed by atoms with E-state index in [1.165, 1.54) is 17.4 Å². The number of nitro benzene ring substituents is 1. The molecular weight excluding hydrogens is 412 g/mol. The number of halogens is 1. The molecule has 1 aromatic heterocycles. The van der Waals surface area contributed by atoms with Gasteiger partial charge in [-0.1, -0.05) is 23.7 Å². The van der Waals surface area contributed by atoms with Gasteiger partial charge in [-0.3, -0.25) is 20.2 Å². The highest BCUT2D eigenvalue weighted by Gasteiger charge is 2.24. The van der Waals surface area contributed by atoms with Crippen LogP contribution in [0, 0.1) is 10.1 Å². The molecule has 0 atom stereocenters. The number of aromatic nitrogens is 1. The molecule has 2 heterocycles. The lowest BCUT2D eigenvalue weighted by Gasteiger charge is -2.17. The van der Waals surface area contributed by atoms with Crippen LogP contribution in [0.3, 0.4) is 0 Å². The minimum atomic E-state index is -0.438. The van der Waals surface area contributed by atoms with Crippen LogP contribution in [-0.4, -0.2) is 28.9 Å². The number of rotatable bonds is 5. The van der Waals surface area contributed by atoms with Gasteiger partial charge in [-0.15, -0.1) is 11.3 Å². The quantitative estimate of drug-likeness (QED) is 0.444. The molecule has 0 spiro atoms. The number of amides is 1. The number of nitrogens with one attached hydrogen (secondary N) is 1. The smallest absolute Gasteiger partial charge is 0.293 e. The molecule has 2 aromatic carbocycles. The molecule has 0 unspecified atom stereocenters. The normalized spacial score (nSPS) is 13.5. The molecule has 4 rings (SSSR count). The van der Waals surface area contributed by atoms with Crippen LogP contribution in [0.25, 0.3) is 11.3 Å². The first-order valence-electron chi connectivity index (χ1n) is 9.07. The van der Waals surface area contributed by atoms with Crippen LogP contribution >= 0.6 is 22.9 Å². The average Bonchev–Trinajstić information content (AvgIpc) is 3.40. The first-order chi connectivity index (χ1) is 14.0. The third-order valence-corrected chi connectivity index (χ3v) is 5.76. The molecule has 0 radical (unpaired) electrons. The van der Waals surface area contributed by atoms with Crippen LogP contribution in [0.2, 0.25) is 5.02 Å². The van der Waals surface area contributed by atoms with Crippen LogP contribution in [0.1, 0.15) is 23.2 Å². The van der Waals surface area contributed by atoms with Crippen LogP contribution < -0.4 is 10.2 Å². The summed E-state index contributed by atoms with van der Waals surface area (Å²) in [5.41, 5.74) is 2.33. The number of benzene rings is 2. The second-order valence-electron chi connectivity index (χ2n) is 6.65. The van der Waals surface area contributed by atoms with Crippen molar-refractivity contribution >= 4 is 45.4 Å². The molecule has 1 aliphatic rings. The highest BCUT2D eigenvalue weighted by atomic mass is 35.5. The molecule has 29 heavy (non-hydrogen) atoms. The second-order valence-corrected chi connectivity index (χ2v) is 7.95. The van der Waals surface area contributed by atoms with Crippen molar-refractivity contribution in [2.75, 3.05) is 23.3 Å². The van der Waals surface area contributed by atoms with Gasteiger partial charge < -0.3 is 4.90 Å². The van der Waals surface area contributed by atoms with Gasteiger partial charge in [-0.05, 0) is 37.1 Å². The summed E-state index contributed by atoms with van der Waals surface area (Å²) in [7, 11) is 0. The third-order valence-electron chi connectivity index (χ3n) is 4.75. The Morgan fingerprint density at radius 2 is 1.90 bits per heavy atom. The van der Waals surface area contributed by atoms with E-state index in [2.05, 4.69) is 10.3 Å². The summed E-state index contributed by atoms with van der Waals surface area (Å²) < 4.78 is 0. The summed E-state index contributed by atoms with van der Waals surface area (Å²) in [5.74, 6) is -0.432. The number of anilines is 2. The van der Waals surface area contributed by atoms with Gasteiger partial charge in [0.05, 0.1) is 10.6 Å². The van der Waals surface area contributed by atoms with Crippen molar-refractivity contribution in [2.24, 2.45) is 0 Å². The summed E-state index contributed by atoms with van der Waals surface area (Å²) >= 11 is 7.19. The van der Waals surface area contributed by atoms with Gasteiger partial charge in [0.2, 0.25) is 0 Å². The fraction of sp³-hybridized carbons (Fsp3) is 0.200. The van der Waals surface area contributed by atoms with Crippen LogP contribution in [-0.2, 0) is 0 Å². The fourth-order valence-electron chi connectivity index (χ4n) is 3.29. The first-order valence-corrected chi connectivity index (χ1v) is 10.3. The van der Waals surface area contributed by atoms with Gasteiger partial charge in [0.25, 0.3) is 11.6 Å².